The van der Waals surface area contributed by atoms with Crippen LogP contribution in [0.5, 0.6) is 5.75 Å². The number of H-pyrrole nitrogens is 1. The highest BCUT2D eigenvalue weighted by Crippen LogP contribution is 2.30. The molecule has 0 radical (unpaired) electrons. The van der Waals surface area contributed by atoms with Crippen molar-refractivity contribution in [2.45, 2.75) is 114 Å². The number of fused-ring (bicyclic) bond motifs is 1. The second-order valence-electron chi connectivity index (χ2n) is 25.7. The molecule has 4 aromatic rings. The maximum absolute atomic E-state index is 15.4. The molecule has 1 aromatic heterocycles. The molecule has 6 rings (SSSR count). The number of ketones is 4. The van der Waals surface area contributed by atoms with Gasteiger partial charge in [-0.05, 0) is 93.8 Å². The lowest BCUT2D eigenvalue weighted by Crippen LogP contribution is -2.52. The van der Waals surface area contributed by atoms with Gasteiger partial charge in [-0.15, -0.1) is 0 Å². The molecule has 14 N–H and O–H groups in total. The van der Waals surface area contributed by atoms with Crippen LogP contribution in [-0.2, 0) is 76.8 Å². The fourth-order valence-electron chi connectivity index (χ4n) is 12.0. The summed E-state index contributed by atoms with van der Waals surface area (Å²) >= 11 is 0. The highest BCUT2D eigenvalue weighted by molar-refractivity contribution is 8.76. The zero-order valence-corrected chi connectivity index (χ0v) is 57.9. The van der Waals surface area contributed by atoms with Crippen molar-refractivity contribution in [1.82, 2.24) is 45.9 Å². The van der Waals surface area contributed by atoms with E-state index in [1.165, 1.54) is 38.1 Å². The molecule has 2 aliphatic rings. The van der Waals surface area contributed by atoms with Crippen LogP contribution in [0.3, 0.4) is 0 Å². The number of Topliss-reactive ketones (excluding diaryl/α,β-unsaturated/α-hetero) is 4. The molecule has 3 aromatic carbocycles. The van der Waals surface area contributed by atoms with E-state index in [-0.39, 0.29) is 115 Å². The molecule has 4 amide bonds. The third kappa shape index (κ3) is 27.1. The summed E-state index contributed by atoms with van der Waals surface area (Å²) in [6, 6.07) is 16.1. The largest absolute Gasteiger partial charge is 0.508 e. The second-order valence-corrected chi connectivity index (χ2v) is 28.2. The first-order valence-corrected chi connectivity index (χ1v) is 35.9. The third-order valence-electron chi connectivity index (χ3n) is 17.8. The quantitative estimate of drug-likeness (QED) is 0.0278. The Hall–Kier alpha value is -8.14. The number of nitrogens with one attached hydrogen (secondary N) is 5. The number of carboxylic acids is 4. The lowest BCUT2D eigenvalue weighted by molar-refractivity contribution is -0.148. The van der Waals surface area contributed by atoms with Gasteiger partial charge in [-0.2, -0.15) is 0 Å². The number of para-hydroxylation sites is 1. The number of carbonyl (C=O) groups excluding carboxylic acids is 8. The van der Waals surface area contributed by atoms with Gasteiger partial charge in [0.15, 0.2) is 23.1 Å². The van der Waals surface area contributed by atoms with Crippen molar-refractivity contribution < 1.29 is 93.3 Å². The third-order valence-corrected chi connectivity index (χ3v) is 20.3. The number of aromatic hydroxyl groups is 1. The number of aliphatic carboxylic acids is 4. The van der Waals surface area contributed by atoms with Gasteiger partial charge in [0, 0.05) is 113 Å². The summed E-state index contributed by atoms with van der Waals surface area (Å²) in [4.78, 5) is 177. The summed E-state index contributed by atoms with van der Waals surface area (Å²) in [7, 11) is 1.89. The Morgan fingerprint density at radius 2 is 1.15 bits per heavy atom. The van der Waals surface area contributed by atoms with Crippen LogP contribution in [0.4, 0.5) is 0 Å². The Morgan fingerprint density at radius 1 is 0.610 bits per heavy atom. The van der Waals surface area contributed by atoms with Crippen LogP contribution in [0.2, 0.25) is 0 Å². The first kappa shape index (κ1) is 80.8. The van der Waals surface area contributed by atoms with Gasteiger partial charge in [-0.3, -0.25) is 77.1 Å². The SMILES string of the molecule is CC(O)[C@H](CC(=O)[C@@H]1CSSC[C@H](CC(=O)[C@@H](Cc2ccccc2)NC(=O)CN2CCN(CC(=O)O)CCN(CC(=O)O)CCN(CC(=O)O)CC2)C(=O)N[C@@H](Cc2ccc(O)cc2)C(=O)C[C@H](Cc2c[nH]c3ccccc23)C(=O)N[C@@H](CCCCN)C(=O)C[C@@H](C(C)O)C(=O)N1)C(=O)O. The number of benzene rings is 3. The van der Waals surface area contributed by atoms with E-state index in [1.54, 1.807) is 62.2 Å². The molecule has 29 nitrogen and oxygen atoms in total. The number of phenolic OH excluding ortho intramolecular Hbond substituents is 1. The first-order valence-electron chi connectivity index (χ1n) is 33.4. The number of hydrogen-bond acceptors (Lipinski definition) is 22. The number of phenols is 1. The smallest absolute Gasteiger partial charge is 0.317 e. The Balaban J connectivity index is 1.41. The van der Waals surface area contributed by atoms with Crippen molar-refractivity contribution in [3.05, 3.63) is 102 Å². The van der Waals surface area contributed by atoms with Gasteiger partial charge in [0.25, 0.3) is 0 Å². The Morgan fingerprint density at radius 3 is 1.71 bits per heavy atom. The molecule has 0 bridgehead atoms. The van der Waals surface area contributed by atoms with Gasteiger partial charge in [0.2, 0.25) is 23.6 Å². The lowest BCUT2D eigenvalue weighted by atomic mass is 9.87. The zero-order valence-electron chi connectivity index (χ0n) is 56.2. The fourth-order valence-corrected chi connectivity index (χ4v) is 14.6. The summed E-state index contributed by atoms with van der Waals surface area (Å²) in [5.74, 6) is -17.5. The number of aromatic amines is 1. The summed E-state index contributed by atoms with van der Waals surface area (Å²) in [6.07, 6.45) is -3.56. The second kappa shape index (κ2) is 40.9. The van der Waals surface area contributed by atoms with Crippen LogP contribution in [0.15, 0.2) is 85.1 Å². The van der Waals surface area contributed by atoms with Crippen LogP contribution >= 0.6 is 21.6 Å². The van der Waals surface area contributed by atoms with E-state index in [0.29, 0.717) is 29.5 Å². The van der Waals surface area contributed by atoms with E-state index in [4.69, 9.17) is 5.73 Å². The van der Waals surface area contributed by atoms with Crippen LogP contribution in [0.25, 0.3) is 10.9 Å². The van der Waals surface area contributed by atoms with Crippen LogP contribution < -0.4 is 27.0 Å². The molecule has 2 unspecified atom stereocenters. The van der Waals surface area contributed by atoms with Gasteiger partial charge in [-0.1, -0.05) is 82.3 Å². The predicted octanol–water partition coefficient (Wildman–Crippen LogP) is 0.988. The number of rotatable bonds is 28. The van der Waals surface area contributed by atoms with Gasteiger partial charge >= 0.3 is 23.9 Å². The number of aliphatic hydroxyl groups excluding tert-OH is 2. The number of amides is 4. The van der Waals surface area contributed by atoms with Crippen LogP contribution in [-0.4, -0.2) is 264 Å². The molecule has 2 fully saturated rings. The topological polar surface area (TPSA) is 449 Å². The van der Waals surface area contributed by atoms with E-state index in [2.05, 4.69) is 26.3 Å². The minimum Gasteiger partial charge on any atom is -0.508 e. The minimum atomic E-state index is -1.63. The molecule has 10 atom stereocenters. The van der Waals surface area contributed by atoms with Gasteiger partial charge < -0.3 is 67.7 Å². The molecule has 100 heavy (non-hydrogen) atoms. The summed E-state index contributed by atoms with van der Waals surface area (Å²) in [6.45, 7) is 1.86. The first-order chi connectivity index (χ1) is 47.7. The molecule has 0 spiro atoms. The van der Waals surface area contributed by atoms with Gasteiger partial charge in [-0.25, -0.2) is 0 Å². The Labute approximate surface area is 587 Å². The van der Waals surface area contributed by atoms with Crippen molar-refractivity contribution in [2.24, 2.45) is 29.4 Å². The molecule has 546 valence electrons. The standard InChI is InChI=1S/C69H94N10O19S2/c1-42(80)51-33-60(85)54(14-8-9-19-70)73-66(94)46(30-47-35-71-53-13-7-6-12-50(47)53)31-58(83)56(29-45-15-17-49(82)18-16-45)74-67(95)48(40-99-100-41-57(75-68(51)96)61(86)34-52(43(2)81)69(97)98)32-59(84)55(28-44-10-4-3-5-11-44)72-62(87)36-76-20-22-77(37-63(88)89)24-26-79(39-65(92)93)27-25-78(23-21-76)38-64(90)91/h3-7,10-13,15-18,35,42-43,46,48,51-52,54-57,71,80-82H,8-9,14,19-34,36-41,70H2,1-2H3,(H,72,87)(H,73,94)(H,74,95)(H,75,96)(H,88,89)(H,90,91)(H,92,93)(H,97,98)/t42?,43?,46-,48-,51-,52-,54-,55+,56-,57-/m0/s1. The number of carboxylic acid groups (broad SMARTS) is 4. The number of unbranched alkanes of at least 4 members (excludes halogenated alkanes) is 1. The summed E-state index contributed by atoms with van der Waals surface area (Å²) in [5.41, 5.74) is 8.27. The molecule has 2 aliphatic heterocycles. The van der Waals surface area contributed by atoms with Crippen molar-refractivity contribution in [3.63, 3.8) is 0 Å². The maximum atomic E-state index is 15.4. The number of aliphatic hydroxyl groups is 2. The van der Waals surface area contributed by atoms with E-state index >= 15 is 19.2 Å². The maximum Gasteiger partial charge on any atom is 0.317 e. The summed E-state index contributed by atoms with van der Waals surface area (Å²) < 4.78 is 0. The summed E-state index contributed by atoms with van der Waals surface area (Å²) in [5, 5.41) is 83.2. The molecular weight excluding hydrogens is 1340 g/mol. The van der Waals surface area contributed by atoms with E-state index in [9.17, 15) is 74.1 Å². The Kier molecular flexibility index (Phi) is 33.1. The molecule has 2 saturated heterocycles. The zero-order chi connectivity index (χ0) is 73.0. The number of nitrogens with zero attached hydrogens (tertiary/aromatic N) is 4. The highest BCUT2D eigenvalue weighted by Gasteiger charge is 2.39. The average Bonchev–Trinajstić information content (AvgIpc) is 1.59. The monoisotopic (exact) mass is 1430 g/mol. The molecule has 0 saturated carbocycles. The number of carbonyl (C=O) groups is 12. The minimum absolute atomic E-state index is 0.0195. The van der Waals surface area contributed by atoms with E-state index in [1.807, 2.05) is 18.2 Å². The van der Waals surface area contributed by atoms with Crippen molar-refractivity contribution in [3.8, 4) is 5.75 Å². The fraction of sp³-hybridized carbons (Fsp3) is 0.536. The molecule has 3 heterocycles. The number of hydrogen-bond donors (Lipinski definition) is 13. The molecular formula is C69H94N10O19S2. The van der Waals surface area contributed by atoms with Crippen molar-refractivity contribution >= 4 is 103 Å². The van der Waals surface area contributed by atoms with Crippen molar-refractivity contribution in [1.29, 1.82) is 0 Å². The van der Waals surface area contributed by atoms with Crippen LogP contribution in [0, 0.1) is 23.7 Å². The van der Waals surface area contributed by atoms with E-state index < -0.39 is 169 Å². The van der Waals surface area contributed by atoms with Gasteiger partial charge in [0.1, 0.15) is 5.75 Å². The average molecular weight is 1430 g/mol. The van der Waals surface area contributed by atoms with Crippen LogP contribution in [0.1, 0.15) is 75.5 Å². The normalized spacial score (nSPS) is 22.1. The molecule has 31 heteroatoms. The van der Waals surface area contributed by atoms with E-state index in [0.717, 1.165) is 32.5 Å². The van der Waals surface area contributed by atoms with Gasteiger partial charge in [0.05, 0.1) is 80.3 Å². The number of aromatic nitrogens is 1. The Bertz CT molecular complexity index is 3400. The lowest BCUT2D eigenvalue weighted by Gasteiger charge is -2.33. The van der Waals surface area contributed by atoms with Crippen molar-refractivity contribution in [2.75, 3.05) is 96.6 Å². The predicted molar refractivity (Wildman–Crippen MR) is 372 cm³/mol. The highest BCUT2D eigenvalue weighted by atomic mass is 33.1. The molecule has 0 aliphatic carbocycles. The number of nitrogens with two attached hydrogens (primary N) is 1.